The van der Waals surface area contributed by atoms with Crippen LogP contribution in [0, 0.1) is 11.6 Å². The van der Waals surface area contributed by atoms with Crippen molar-refractivity contribution in [3.05, 3.63) is 91.9 Å². The van der Waals surface area contributed by atoms with Crippen molar-refractivity contribution in [1.29, 1.82) is 0 Å². The highest BCUT2D eigenvalue weighted by molar-refractivity contribution is 6.30. The van der Waals surface area contributed by atoms with Crippen LogP contribution in [0.2, 0.25) is 5.02 Å². The lowest BCUT2D eigenvalue weighted by molar-refractivity contribution is 0.506. The van der Waals surface area contributed by atoms with Crippen LogP contribution in [0.1, 0.15) is 12.5 Å². The number of imidazole rings is 1. The third-order valence-electron chi connectivity index (χ3n) is 4.62. The van der Waals surface area contributed by atoms with Crippen molar-refractivity contribution in [1.82, 2.24) is 18.7 Å². The third kappa shape index (κ3) is 3.25. The lowest BCUT2D eigenvalue weighted by Crippen LogP contribution is -2.39. The molecule has 0 spiro atoms. The minimum atomic E-state index is -0.978. The summed E-state index contributed by atoms with van der Waals surface area (Å²) in [4.78, 5) is 30.2. The number of hydrogen-bond donors (Lipinski definition) is 0. The molecule has 29 heavy (non-hydrogen) atoms. The highest BCUT2D eigenvalue weighted by atomic mass is 35.5. The second kappa shape index (κ2) is 7.29. The maximum atomic E-state index is 13.6. The van der Waals surface area contributed by atoms with E-state index in [0.29, 0.717) is 16.3 Å². The first kappa shape index (κ1) is 19.1. The van der Waals surface area contributed by atoms with Crippen LogP contribution in [-0.2, 0) is 13.1 Å². The Bertz CT molecular complexity index is 1360. The zero-order valence-electron chi connectivity index (χ0n) is 15.3. The standard InChI is InChI=1S/C20H15ClF2N4O2/c1-2-26-19(28)17-18(27(20(26)29)14-5-3-4-13(21)9-14)24-11-25(17)10-12-6-7-15(22)16(23)8-12/h3-9,11H,2,10H2,1H3. The van der Waals surface area contributed by atoms with Gasteiger partial charge in [0.1, 0.15) is 0 Å². The molecule has 0 saturated heterocycles. The number of rotatable bonds is 4. The molecule has 2 aromatic heterocycles. The Morgan fingerprint density at radius 3 is 2.55 bits per heavy atom. The molecular formula is C20H15ClF2N4O2. The summed E-state index contributed by atoms with van der Waals surface area (Å²) in [6.07, 6.45) is 1.40. The Kier molecular flexibility index (Phi) is 4.79. The summed E-state index contributed by atoms with van der Waals surface area (Å²) < 4.78 is 30.7. The van der Waals surface area contributed by atoms with Crippen molar-refractivity contribution in [2.24, 2.45) is 0 Å². The Morgan fingerprint density at radius 1 is 1.07 bits per heavy atom. The quantitative estimate of drug-likeness (QED) is 0.512. The summed E-state index contributed by atoms with van der Waals surface area (Å²) in [6, 6.07) is 10.2. The summed E-state index contributed by atoms with van der Waals surface area (Å²) in [5.41, 5.74) is 0.209. The molecule has 4 aromatic rings. The highest BCUT2D eigenvalue weighted by Crippen LogP contribution is 2.18. The van der Waals surface area contributed by atoms with E-state index < -0.39 is 22.9 Å². The number of aromatic nitrogens is 4. The van der Waals surface area contributed by atoms with Crippen LogP contribution in [-0.4, -0.2) is 18.7 Å². The third-order valence-corrected chi connectivity index (χ3v) is 4.85. The van der Waals surface area contributed by atoms with E-state index in [1.54, 1.807) is 31.2 Å². The minimum absolute atomic E-state index is 0.0837. The van der Waals surface area contributed by atoms with Crippen LogP contribution in [0.4, 0.5) is 8.78 Å². The molecule has 148 valence electrons. The molecule has 0 fully saturated rings. The smallest absolute Gasteiger partial charge is 0.320 e. The summed E-state index contributed by atoms with van der Waals surface area (Å²) in [5, 5.41) is 0.429. The van der Waals surface area contributed by atoms with Gasteiger partial charge in [0, 0.05) is 18.1 Å². The lowest BCUT2D eigenvalue weighted by atomic mass is 10.2. The average Bonchev–Trinajstić information content (AvgIpc) is 3.09. The van der Waals surface area contributed by atoms with Crippen molar-refractivity contribution in [3.63, 3.8) is 0 Å². The van der Waals surface area contributed by atoms with Gasteiger partial charge in [-0.2, -0.15) is 0 Å². The van der Waals surface area contributed by atoms with Gasteiger partial charge in [0.15, 0.2) is 22.8 Å². The van der Waals surface area contributed by atoms with Gasteiger partial charge < -0.3 is 4.57 Å². The van der Waals surface area contributed by atoms with Crippen LogP contribution in [0.3, 0.4) is 0 Å². The van der Waals surface area contributed by atoms with Gasteiger partial charge in [0.2, 0.25) is 0 Å². The maximum Gasteiger partial charge on any atom is 0.337 e. The molecule has 0 N–H and O–H groups in total. The molecule has 0 aliphatic carbocycles. The molecule has 2 aromatic carbocycles. The Balaban J connectivity index is 1.98. The van der Waals surface area contributed by atoms with Crippen LogP contribution < -0.4 is 11.2 Å². The molecule has 0 unspecified atom stereocenters. The van der Waals surface area contributed by atoms with Gasteiger partial charge in [-0.25, -0.2) is 23.1 Å². The van der Waals surface area contributed by atoms with Crippen molar-refractivity contribution < 1.29 is 8.78 Å². The second-order valence-corrected chi connectivity index (χ2v) is 6.88. The topological polar surface area (TPSA) is 61.8 Å². The molecule has 6 nitrogen and oxygen atoms in total. The zero-order chi connectivity index (χ0) is 20.7. The molecule has 0 bridgehead atoms. The van der Waals surface area contributed by atoms with Gasteiger partial charge in [0.05, 0.1) is 12.0 Å². The van der Waals surface area contributed by atoms with Gasteiger partial charge in [-0.15, -0.1) is 0 Å². The molecule has 2 heterocycles. The first-order valence-electron chi connectivity index (χ1n) is 8.81. The first-order chi connectivity index (χ1) is 13.9. The summed E-state index contributed by atoms with van der Waals surface area (Å²) in [6.45, 7) is 1.93. The Morgan fingerprint density at radius 2 is 1.86 bits per heavy atom. The van der Waals surface area contributed by atoms with Crippen LogP contribution in [0.25, 0.3) is 16.9 Å². The van der Waals surface area contributed by atoms with E-state index in [9.17, 15) is 18.4 Å². The van der Waals surface area contributed by atoms with E-state index in [0.717, 1.165) is 16.7 Å². The van der Waals surface area contributed by atoms with E-state index in [4.69, 9.17) is 11.6 Å². The molecule has 0 aliphatic heterocycles. The molecular weight excluding hydrogens is 402 g/mol. The molecule has 0 atom stereocenters. The summed E-state index contributed by atoms with van der Waals surface area (Å²) in [7, 11) is 0. The normalized spacial score (nSPS) is 11.3. The number of fused-ring (bicyclic) bond motifs is 1. The van der Waals surface area contributed by atoms with Gasteiger partial charge >= 0.3 is 5.69 Å². The predicted octanol–water partition coefficient (Wildman–Crippen LogP) is 3.35. The predicted molar refractivity (Wildman–Crippen MR) is 106 cm³/mol. The fourth-order valence-corrected chi connectivity index (χ4v) is 3.45. The molecule has 0 amide bonds. The molecule has 0 radical (unpaired) electrons. The summed E-state index contributed by atoms with van der Waals surface area (Å²) >= 11 is 6.07. The zero-order valence-corrected chi connectivity index (χ0v) is 16.0. The van der Waals surface area contributed by atoms with E-state index in [-0.39, 0.29) is 24.3 Å². The van der Waals surface area contributed by atoms with E-state index in [1.807, 2.05) is 0 Å². The molecule has 4 rings (SSSR count). The fourth-order valence-electron chi connectivity index (χ4n) is 3.26. The van der Waals surface area contributed by atoms with Gasteiger partial charge in [-0.05, 0) is 42.8 Å². The number of hydrogen-bond acceptors (Lipinski definition) is 3. The van der Waals surface area contributed by atoms with Crippen molar-refractivity contribution >= 4 is 22.8 Å². The molecule has 9 heteroatoms. The number of halogens is 3. The van der Waals surface area contributed by atoms with E-state index >= 15 is 0 Å². The SMILES string of the molecule is CCn1c(=O)c2c(ncn2Cc2ccc(F)c(F)c2)n(-c2cccc(Cl)c2)c1=O. The Labute approximate surface area is 168 Å². The Hall–Kier alpha value is -3.26. The molecule has 0 aliphatic rings. The van der Waals surface area contributed by atoms with E-state index in [2.05, 4.69) is 4.98 Å². The minimum Gasteiger partial charge on any atom is -0.320 e. The van der Waals surface area contributed by atoms with Crippen molar-refractivity contribution in [2.75, 3.05) is 0 Å². The monoisotopic (exact) mass is 416 g/mol. The highest BCUT2D eigenvalue weighted by Gasteiger charge is 2.19. The van der Waals surface area contributed by atoms with Gasteiger partial charge in [0.25, 0.3) is 5.56 Å². The number of nitrogens with zero attached hydrogens (tertiary/aromatic N) is 4. The van der Waals surface area contributed by atoms with Crippen LogP contribution in [0.5, 0.6) is 0 Å². The largest absolute Gasteiger partial charge is 0.337 e. The van der Waals surface area contributed by atoms with Crippen molar-refractivity contribution in [2.45, 2.75) is 20.0 Å². The molecule has 0 saturated carbocycles. The van der Waals surface area contributed by atoms with Gasteiger partial charge in [-0.1, -0.05) is 23.7 Å². The average molecular weight is 417 g/mol. The maximum absolute atomic E-state index is 13.6. The fraction of sp³-hybridized carbons (Fsp3) is 0.150. The second-order valence-electron chi connectivity index (χ2n) is 6.44. The van der Waals surface area contributed by atoms with Crippen LogP contribution >= 0.6 is 11.6 Å². The number of benzene rings is 2. The first-order valence-corrected chi connectivity index (χ1v) is 9.19. The van der Waals surface area contributed by atoms with Crippen LogP contribution in [0.15, 0.2) is 58.4 Å². The van der Waals surface area contributed by atoms with E-state index in [1.165, 1.54) is 21.5 Å². The summed E-state index contributed by atoms with van der Waals surface area (Å²) in [5.74, 6) is -1.93. The van der Waals surface area contributed by atoms with Gasteiger partial charge in [-0.3, -0.25) is 9.36 Å². The van der Waals surface area contributed by atoms with Crippen molar-refractivity contribution in [3.8, 4) is 5.69 Å². The lowest BCUT2D eigenvalue weighted by Gasteiger charge is -2.12.